The molecule has 2 atom stereocenters. The second kappa shape index (κ2) is 11.4. The lowest BCUT2D eigenvalue weighted by Crippen LogP contribution is -2.52. The lowest BCUT2D eigenvalue weighted by molar-refractivity contribution is 0.107. The van der Waals surface area contributed by atoms with Crippen molar-refractivity contribution in [1.82, 2.24) is 25.2 Å². The number of ether oxygens (including phenoxy) is 2. The molecular formula is C34H35F3N8O2S. The van der Waals surface area contributed by atoms with Crippen LogP contribution >= 0.6 is 11.3 Å². The van der Waals surface area contributed by atoms with Crippen LogP contribution in [-0.4, -0.2) is 77.4 Å². The zero-order chi connectivity index (χ0) is 32.7. The molecule has 2 unspecified atom stereocenters. The van der Waals surface area contributed by atoms with Gasteiger partial charge in [0.05, 0.1) is 47.4 Å². The number of likely N-dealkylation sites (tertiary alicyclic amines) is 1. The summed E-state index contributed by atoms with van der Waals surface area (Å²) in [6.07, 6.45) is 5.39. The van der Waals surface area contributed by atoms with Gasteiger partial charge in [-0.2, -0.15) is 15.2 Å². The van der Waals surface area contributed by atoms with E-state index in [9.17, 15) is 14.0 Å². The van der Waals surface area contributed by atoms with Crippen molar-refractivity contribution >= 4 is 43.1 Å². The Morgan fingerprint density at radius 1 is 1.08 bits per heavy atom. The molecule has 4 fully saturated rings. The third kappa shape index (κ3) is 4.80. The number of nitrogen functional groups attached to an aromatic ring is 1. The van der Waals surface area contributed by atoms with E-state index in [1.807, 2.05) is 0 Å². The number of fused-ring (bicyclic) bond motifs is 6. The van der Waals surface area contributed by atoms with Gasteiger partial charge in [0.2, 0.25) is 0 Å². The molecule has 14 heteroatoms. The van der Waals surface area contributed by atoms with Gasteiger partial charge in [0, 0.05) is 61.2 Å². The number of rotatable bonds is 7. The highest BCUT2D eigenvalue weighted by atomic mass is 32.1. The normalized spacial score (nSPS) is 23.6. The minimum Gasteiger partial charge on any atom is -0.463 e. The third-order valence-corrected chi connectivity index (χ3v) is 12.0. The molecule has 5 aliphatic rings. The molecule has 2 bridgehead atoms. The van der Waals surface area contributed by atoms with E-state index in [2.05, 4.69) is 26.2 Å². The van der Waals surface area contributed by atoms with Gasteiger partial charge in [-0.3, -0.25) is 4.98 Å². The van der Waals surface area contributed by atoms with Crippen molar-refractivity contribution < 1.29 is 22.6 Å². The molecule has 4 aliphatic heterocycles. The lowest BCUT2D eigenvalue weighted by Gasteiger charge is -2.37. The minimum atomic E-state index is -0.728. The number of nitriles is 1. The molecular weight excluding hydrogens is 641 g/mol. The monoisotopic (exact) mass is 676 g/mol. The van der Waals surface area contributed by atoms with Gasteiger partial charge in [-0.25, -0.2) is 13.2 Å². The fraction of sp³-hybridized carbons (Fsp3) is 0.529. The van der Waals surface area contributed by atoms with Crippen LogP contribution in [0.15, 0.2) is 6.20 Å². The van der Waals surface area contributed by atoms with Gasteiger partial charge in [-0.05, 0) is 49.7 Å². The number of halogens is 3. The first-order valence-corrected chi connectivity index (χ1v) is 17.5. The first-order chi connectivity index (χ1) is 23.3. The number of piperidine rings is 1. The number of alkyl halides is 1. The fourth-order valence-electron chi connectivity index (χ4n) is 8.28. The van der Waals surface area contributed by atoms with Crippen LogP contribution in [0, 0.1) is 28.4 Å². The predicted molar refractivity (Wildman–Crippen MR) is 176 cm³/mol. The molecule has 3 saturated heterocycles. The Labute approximate surface area is 279 Å². The smallest absolute Gasteiger partial charge is 0.319 e. The molecule has 0 radical (unpaired) electrons. The first-order valence-electron chi connectivity index (χ1n) is 16.7. The van der Waals surface area contributed by atoms with E-state index in [0.717, 1.165) is 81.5 Å². The Bertz CT molecular complexity index is 1990. The van der Waals surface area contributed by atoms with E-state index in [4.69, 9.17) is 25.2 Å². The molecule has 3 N–H and O–H groups in total. The zero-order valence-corrected chi connectivity index (χ0v) is 27.1. The summed E-state index contributed by atoms with van der Waals surface area (Å²) in [6, 6.07) is 2.55. The molecule has 10 nitrogen and oxygen atoms in total. The quantitative estimate of drug-likeness (QED) is 0.270. The average molecular weight is 677 g/mol. The summed E-state index contributed by atoms with van der Waals surface area (Å²) < 4.78 is 58.6. The van der Waals surface area contributed by atoms with Crippen molar-refractivity contribution in [3.8, 4) is 23.3 Å². The largest absolute Gasteiger partial charge is 0.463 e. The number of anilines is 2. The van der Waals surface area contributed by atoms with Crippen LogP contribution in [0.25, 0.3) is 32.2 Å². The highest BCUT2D eigenvalue weighted by Gasteiger charge is 2.46. The molecule has 1 saturated carbocycles. The summed E-state index contributed by atoms with van der Waals surface area (Å²) in [5, 5.41) is 14.4. The summed E-state index contributed by atoms with van der Waals surface area (Å²) in [5.41, 5.74) is 7.83. The Hall–Kier alpha value is -3.77. The molecule has 9 rings (SSSR count). The van der Waals surface area contributed by atoms with Gasteiger partial charge < -0.3 is 30.3 Å². The number of hydrogen-bond acceptors (Lipinski definition) is 11. The maximum atomic E-state index is 17.3. The number of thiophene rings is 1. The van der Waals surface area contributed by atoms with Crippen LogP contribution in [0.1, 0.15) is 55.2 Å². The van der Waals surface area contributed by atoms with Crippen molar-refractivity contribution in [2.75, 3.05) is 50.0 Å². The van der Waals surface area contributed by atoms with Crippen LogP contribution in [-0.2, 0) is 18.0 Å². The number of hydrogen-bond donors (Lipinski definition) is 2. The van der Waals surface area contributed by atoms with E-state index in [0.29, 0.717) is 36.2 Å². The number of nitrogens with one attached hydrogen (secondary N) is 1. The number of nitrogens with two attached hydrogens (primary N) is 1. The van der Waals surface area contributed by atoms with Crippen molar-refractivity contribution in [2.24, 2.45) is 5.41 Å². The molecule has 0 spiro atoms. The first kappa shape index (κ1) is 30.3. The van der Waals surface area contributed by atoms with Crippen LogP contribution < -0.4 is 20.7 Å². The summed E-state index contributed by atoms with van der Waals surface area (Å²) in [4.78, 5) is 18.7. The maximum Gasteiger partial charge on any atom is 0.319 e. The van der Waals surface area contributed by atoms with Gasteiger partial charge in [0.15, 0.2) is 11.6 Å². The van der Waals surface area contributed by atoms with E-state index >= 15 is 4.39 Å². The lowest BCUT2D eigenvalue weighted by atomic mass is 9.93. The molecule has 1 aromatic carbocycles. The maximum absolute atomic E-state index is 17.3. The van der Waals surface area contributed by atoms with Crippen LogP contribution in [0.3, 0.4) is 0 Å². The van der Waals surface area contributed by atoms with Crippen LogP contribution in [0.2, 0.25) is 0 Å². The van der Waals surface area contributed by atoms with Crippen molar-refractivity contribution in [2.45, 2.75) is 70.0 Å². The Morgan fingerprint density at radius 3 is 2.56 bits per heavy atom. The minimum absolute atomic E-state index is 0.0681. The van der Waals surface area contributed by atoms with Gasteiger partial charge >= 0.3 is 6.01 Å². The number of benzene rings is 1. The predicted octanol–water partition coefficient (Wildman–Crippen LogP) is 5.20. The number of piperazine rings is 1. The van der Waals surface area contributed by atoms with Crippen LogP contribution in [0.5, 0.6) is 6.01 Å². The van der Waals surface area contributed by atoms with Gasteiger partial charge in [0.25, 0.3) is 0 Å². The molecule has 48 heavy (non-hydrogen) atoms. The number of aromatic nitrogens is 3. The fourth-order valence-corrected chi connectivity index (χ4v) is 9.20. The number of pyridine rings is 1. The molecule has 0 amide bonds. The van der Waals surface area contributed by atoms with Gasteiger partial charge in [-0.15, -0.1) is 11.3 Å². The van der Waals surface area contributed by atoms with Crippen molar-refractivity contribution in [3.05, 3.63) is 34.5 Å². The molecule has 1 aliphatic carbocycles. The Balaban J connectivity index is 1.19. The standard InChI is InChI=1S/C34H35F3N8O2S/c35-17-3-7-44(8-4-17)15-34(5-6-34)16-47-33-42-29-26(32(43-33)45-18-1-2-19(45)11-40-10-18)22-14-46-13-21(22)24(27(29)37)28-25-20(9-38)31(39)48-30(25)23(36)12-41-28/h12,17-19,40H,1-8,10-11,13-16,39H2. The Kier molecular flexibility index (Phi) is 7.20. The average Bonchev–Trinajstić information content (AvgIpc) is 3.38. The summed E-state index contributed by atoms with van der Waals surface area (Å²) in [7, 11) is 0. The second-order valence-corrected chi connectivity index (χ2v) is 15.0. The van der Waals surface area contributed by atoms with Crippen molar-refractivity contribution in [1.29, 1.82) is 5.26 Å². The zero-order valence-electron chi connectivity index (χ0n) is 26.3. The molecule has 3 aromatic heterocycles. The second-order valence-electron chi connectivity index (χ2n) is 14.0. The molecule has 7 heterocycles. The van der Waals surface area contributed by atoms with Gasteiger partial charge in [0.1, 0.15) is 28.6 Å². The highest BCUT2D eigenvalue weighted by molar-refractivity contribution is 7.23. The summed E-state index contributed by atoms with van der Waals surface area (Å²) in [5.74, 6) is -0.631. The van der Waals surface area contributed by atoms with E-state index < -0.39 is 17.8 Å². The third-order valence-electron chi connectivity index (χ3n) is 11.0. The van der Waals surface area contributed by atoms with E-state index in [1.54, 1.807) is 0 Å². The van der Waals surface area contributed by atoms with Crippen LogP contribution in [0.4, 0.5) is 24.0 Å². The summed E-state index contributed by atoms with van der Waals surface area (Å²) >= 11 is 0.946. The topological polar surface area (TPSA) is 125 Å². The SMILES string of the molecule is N#Cc1c(N)sc2c(F)cnc(-c3c4c(c5c(N6C7CCC6CNC7)nc(OCC6(CN7CCC(F)CC7)CC6)nc5c3F)COC4)c12. The van der Waals surface area contributed by atoms with E-state index in [1.165, 1.54) is 0 Å². The number of nitrogens with zero attached hydrogens (tertiary/aromatic N) is 6. The Morgan fingerprint density at radius 2 is 1.83 bits per heavy atom. The molecule has 4 aromatic rings. The highest BCUT2D eigenvalue weighted by Crippen LogP contribution is 2.49. The van der Waals surface area contributed by atoms with Gasteiger partial charge in [-0.1, -0.05) is 0 Å². The van der Waals surface area contributed by atoms with E-state index in [-0.39, 0.29) is 74.1 Å². The molecule has 250 valence electrons. The summed E-state index contributed by atoms with van der Waals surface area (Å²) in [6.45, 7) is 4.60. The van der Waals surface area contributed by atoms with Crippen molar-refractivity contribution in [3.63, 3.8) is 0 Å².